The van der Waals surface area contributed by atoms with Gasteiger partial charge in [-0.3, -0.25) is 10.1 Å². The van der Waals surface area contributed by atoms with E-state index in [-0.39, 0.29) is 5.69 Å². The van der Waals surface area contributed by atoms with Crippen LogP contribution >= 0.6 is 0 Å². The van der Waals surface area contributed by atoms with Gasteiger partial charge in [0.15, 0.2) is 0 Å². The molecule has 0 saturated carbocycles. The molecule has 0 bridgehead atoms. The first-order chi connectivity index (χ1) is 9.60. The number of hydrogen-bond acceptors (Lipinski definition) is 5. The van der Waals surface area contributed by atoms with Crippen LogP contribution in [0.25, 0.3) is 0 Å². The number of nitro benzene ring substituents is 1. The Kier molecular flexibility index (Phi) is 6.97. The van der Waals surface area contributed by atoms with Crippen LogP contribution in [-0.2, 0) is 6.54 Å². The monoisotopic (exact) mass is 281 g/mol. The summed E-state index contributed by atoms with van der Waals surface area (Å²) in [6.07, 6.45) is 0. The maximum absolute atomic E-state index is 10.8. The first kappa shape index (κ1) is 16.4. The van der Waals surface area contributed by atoms with Crippen molar-refractivity contribution in [3.8, 4) is 5.75 Å². The molecule has 0 aliphatic carbocycles. The van der Waals surface area contributed by atoms with Gasteiger partial charge < -0.3 is 15.0 Å². The summed E-state index contributed by atoms with van der Waals surface area (Å²) in [7, 11) is 1.51. The van der Waals surface area contributed by atoms with Crippen molar-refractivity contribution in [1.82, 2.24) is 10.2 Å². The predicted octanol–water partition coefficient (Wildman–Crippen LogP) is 2.03. The lowest BCUT2D eigenvalue weighted by Crippen LogP contribution is -2.31. The molecule has 0 aliphatic heterocycles. The molecule has 1 aromatic carbocycles. The normalized spacial score (nSPS) is 10.8. The summed E-state index contributed by atoms with van der Waals surface area (Å²) in [4.78, 5) is 12.8. The quantitative estimate of drug-likeness (QED) is 0.426. The minimum atomic E-state index is -0.401. The van der Waals surface area contributed by atoms with Crippen molar-refractivity contribution in [1.29, 1.82) is 0 Å². The molecule has 0 amide bonds. The lowest BCUT2D eigenvalue weighted by Gasteiger charge is -2.18. The molecular weight excluding hydrogens is 258 g/mol. The second kappa shape index (κ2) is 8.50. The molecule has 1 aromatic rings. The third kappa shape index (κ3) is 5.14. The topological polar surface area (TPSA) is 67.6 Å². The van der Waals surface area contributed by atoms with Crippen molar-refractivity contribution in [3.05, 3.63) is 33.9 Å². The SMILES string of the molecule is CCN(CC)CCNCc1cc(OC)cc([N+](=O)[O-])c1. The first-order valence-corrected chi connectivity index (χ1v) is 6.86. The summed E-state index contributed by atoms with van der Waals surface area (Å²) >= 11 is 0. The van der Waals surface area contributed by atoms with Gasteiger partial charge in [0.05, 0.1) is 18.1 Å². The number of methoxy groups -OCH3 is 1. The van der Waals surface area contributed by atoms with Gasteiger partial charge in [-0.25, -0.2) is 0 Å². The largest absolute Gasteiger partial charge is 0.496 e. The molecule has 1 rings (SSSR count). The second-order valence-electron chi connectivity index (χ2n) is 4.50. The molecule has 0 heterocycles. The summed E-state index contributed by atoms with van der Waals surface area (Å²) in [6.45, 7) is 8.75. The fourth-order valence-corrected chi connectivity index (χ4v) is 1.98. The molecule has 0 atom stereocenters. The Morgan fingerprint density at radius 1 is 1.30 bits per heavy atom. The number of rotatable bonds is 9. The third-order valence-electron chi connectivity index (χ3n) is 3.23. The van der Waals surface area contributed by atoms with E-state index in [1.165, 1.54) is 13.2 Å². The number of ether oxygens (including phenoxy) is 1. The zero-order chi connectivity index (χ0) is 15.0. The average molecular weight is 281 g/mol. The molecular formula is C14H23N3O3. The smallest absolute Gasteiger partial charge is 0.273 e. The van der Waals surface area contributed by atoms with E-state index in [1.54, 1.807) is 6.07 Å². The van der Waals surface area contributed by atoms with Gasteiger partial charge in [0.2, 0.25) is 0 Å². The number of likely N-dealkylation sites (N-methyl/N-ethyl adjacent to an activating group) is 1. The Hall–Kier alpha value is -1.66. The Labute approximate surface area is 119 Å². The van der Waals surface area contributed by atoms with E-state index < -0.39 is 4.92 Å². The Morgan fingerprint density at radius 3 is 2.55 bits per heavy atom. The molecule has 0 aromatic heterocycles. The molecule has 0 fully saturated rings. The Bertz CT molecular complexity index is 434. The predicted molar refractivity (Wildman–Crippen MR) is 79.1 cm³/mol. The van der Waals surface area contributed by atoms with Crippen LogP contribution in [0.4, 0.5) is 5.69 Å². The number of hydrogen-bond donors (Lipinski definition) is 1. The van der Waals surface area contributed by atoms with Gasteiger partial charge in [0.25, 0.3) is 5.69 Å². The van der Waals surface area contributed by atoms with E-state index in [0.717, 1.165) is 31.7 Å². The minimum absolute atomic E-state index is 0.0601. The molecule has 6 nitrogen and oxygen atoms in total. The van der Waals surface area contributed by atoms with Crippen molar-refractivity contribution >= 4 is 5.69 Å². The highest BCUT2D eigenvalue weighted by molar-refractivity contribution is 5.42. The Balaban J connectivity index is 2.55. The van der Waals surface area contributed by atoms with Gasteiger partial charge in [-0.05, 0) is 24.7 Å². The molecule has 0 spiro atoms. The van der Waals surface area contributed by atoms with E-state index in [4.69, 9.17) is 4.74 Å². The molecule has 6 heteroatoms. The van der Waals surface area contributed by atoms with Crippen LogP contribution in [0.1, 0.15) is 19.4 Å². The van der Waals surface area contributed by atoms with Crippen LogP contribution in [-0.4, -0.2) is 43.1 Å². The molecule has 112 valence electrons. The zero-order valence-electron chi connectivity index (χ0n) is 12.4. The molecule has 1 N–H and O–H groups in total. The average Bonchev–Trinajstić information content (AvgIpc) is 2.47. The van der Waals surface area contributed by atoms with Gasteiger partial charge in [0, 0.05) is 25.7 Å². The van der Waals surface area contributed by atoms with Gasteiger partial charge in [-0.1, -0.05) is 13.8 Å². The highest BCUT2D eigenvalue weighted by Crippen LogP contribution is 2.22. The highest BCUT2D eigenvalue weighted by atomic mass is 16.6. The van der Waals surface area contributed by atoms with Crippen molar-refractivity contribution < 1.29 is 9.66 Å². The molecule has 0 saturated heterocycles. The maximum atomic E-state index is 10.8. The van der Waals surface area contributed by atoms with E-state index in [9.17, 15) is 10.1 Å². The van der Waals surface area contributed by atoms with Crippen LogP contribution in [0.5, 0.6) is 5.75 Å². The fraction of sp³-hybridized carbons (Fsp3) is 0.571. The number of benzene rings is 1. The van der Waals surface area contributed by atoms with E-state index in [0.29, 0.717) is 12.3 Å². The minimum Gasteiger partial charge on any atom is -0.496 e. The molecule has 20 heavy (non-hydrogen) atoms. The van der Waals surface area contributed by atoms with Gasteiger partial charge >= 0.3 is 0 Å². The summed E-state index contributed by atoms with van der Waals surface area (Å²) in [5.74, 6) is 0.514. The molecule has 0 unspecified atom stereocenters. The number of nitro groups is 1. The van der Waals surface area contributed by atoms with Crippen molar-refractivity contribution in [2.24, 2.45) is 0 Å². The van der Waals surface area contributed by atoms with E-state index in [2.05, 4.69) is 24.1 Å². The van der Waals surface area contributed by atoms with Crippen molar-refractivity contribution in [2.45, 2.75) is 20.4 Å². The number of non-ortho nitro benzene ring substituents is 1. The summed E-state index contributed by atoms with van der Waals surface area (Å²) in [5, 5.41) is 14.1. The van der Waals surface area contributed by atoms with Crippen LogP contribution in [0.15, 0.2) is 18.2 Å². The Morgan fingerprint density at radius 2 is 2.00 bits per heavy atom. The highest BCUT2D eigenvalue weighted by Gasteiger charge is 2.10. The van der Waals surface area contributed by atoms with Crippen molar-refractivity contribution in [3.63, 3.8) is 0 Å². The third-order valence-corrected chi connectivity index (χ3v) is 3.23. The van der Waals surface area contributed by atoms with E-state index >= 15 is 0 Å². The van der Waals surface area contributed by atoms with Gasteiger partial charge in [-0.15, -0.1) is 0 Å². The first-order valence-electron chi connectivity index (χ1n) is 6.86. The van der Waals surface area contributed by atoms with Gasteiger partial charge in [0.1, 0.15) is 5.75 Å². The molecule has 0 aliphatic rings. The van der Waals surface area contributed by atoms with Crippen LogP contribution < -0.4 is 10.1 Å². The van der Waals surface area contributed by atoms with Crippen LogP contribution in [0.2, 0.25) is 0 Å². The lowest BCUT2D eigenvalue weighted by atomic mass is 10.2. The fourth-order valence-electron chi connectivity index (χ4n) is 1.98. The second-order valence-corrected chi connectivity index (χ2v) is 4.50. The number of nitrogens with one attached hydrogen (secondary N) is 1. The molecule has 0 radical (unpaired) electrons. The lowest BCUT2D eigenvalue weighted by molar-refractivity contribution is -0.385. The summed E-state index contributed by atoms with van der Waals surface area (Å²) in [5.41, 5.74) is 0.917. The zero-order valence-corrected chi connectivity index (χ0v) is 12.4. The summed E-state index contributed by atoms with van der Waals surface area (Å²) in [6, 6.07) is 4.82. The summed E-state index contributed by atoms with van der Waals surface area (Å²) < 4.78 is 5.08. The standard InChI is InChI=1S/C14H23N3O3/c1-4-16(5-2)7-6-15-11-12-8-13(17(18)19)10-14(9-12)20-3/h8-10,15H,4-7,11H2,1-3H3. The van der Waals surface area contributed by atoms with Gasteiger partial charge in [-0.2, -0.15) is 0 Å². The van der Waals surface area contributed by atoms with Crippen molar-refractivity contribution in [2.75, 3.05) is 33.3 Å². The maximum Gasteiger partial charge on any atom is 0.273 e. The van der Waals surface area contributed by atoms with Crippen LogP contribution in [0, 0.1) is 10.1 Å². The van der Waals surface area contributed by atoms with Crippen LogP contribution in [0.3, 0.4) is 0 Å². The number of nitrogens with zero attached hydrogens (tertiary/aromatic N) is 2. The van der Waals surface area contributed by atoms with E-state index in [1.807, 2.05) is 6.07 Å².